The van der Waals surface area contributed by atoms with Gasteiger partial charge in [-0.15, -0.1) is 0 Å². The van der Waals surface area contributed by atoms with Crippen molar-refractivity contribution in [3.05, 3.63) is 47.3 Å². The van der Waals surface area contributed by atoms with Crippen molar-refractivity contribution in [2.24, 2.45) is 0 Å². The molecular weight excluding hydrogens is 236 g/mol. The number of hydrogen-bond acceptors (Lipinski definition) is 3. The maximum Gasteiger partial charge on any atom is 0.101 e. The third-order valence-electron chi connectivity index (χ3n) is 3.32. The van der Waals surface area contributed by atoms with Gasteiger partial charge in [0.2, 0.25) is 0 Å². The van der Waals surface area contributed by atoms with Crippen molar-refractivity contribution in [2.75, 3.05) is 0 Å². The van der Waals surface area contributed by atoms with Crippen LogP contribution in [-0.4, -0.2) is 15.8 Å². The Morgan fingerprint density at radius 3 is 2.89 bits per heavy atom. The van der Waals surface area contributed by atoms with E-state index in [1.807, 2.05) is 31.3 Å². The van der Waals surface area contributed by atoms with Crippen molar-refractivity contribution >= 4 is 0 Å². The van der Waals surface area contributed by atoms with Crippen LogP contribution in [0.25, 0.3) is 5.69 Å². The predicted octanol–water partition coefficient (Wildman–Crippen LogP) is 2.30. The van der Waals surface area contributed by atoms with Crippen molar-refractivity contribution in [1.29, 1.82) is 5.26 Å². The Morgan fingerprint density at radius 2 is 2.26 bits per heavy atom. The Kier molecular flexibility index (Phi) is 3.06. The van der Waals surface area contributed by atoms with Crippen LogP contribution in [0, 0.1) is 18.3 Å². The van der Waals surface area contributed by atoms with Gasteiger partial charge >= 0.3 is 0 Å². The number of rotatable bonds is 4. The molecule has 3 rings (SSSR count). The van der Waals surface area contributed by atoms with Gasteiger partial charge in [0.15, 0.2) is 0 Å². The van der Waals surface area contributed by atoms with E-state index in [2.05, 4.69) is 22.6 Å². The van der Waals surface area contributed by atoms with Crippen LogP contribution in [0.3, 0.4) is 0 Å². The third kappa shape index (κ3) is 2.67. The molecule has 0 spiro atoms. The lowest BCUT2D eigenvalue weighted by Crippen LogP contribution is -2.15. The second kappa shape index (κ2) is 4.87. The lowest BCUT2D eigenvalue weighted by molar-refractivity contribution is 0.687. The fourth-order valence-electron chi connectivity index (χ4n) is 2.08. The Labute approximate surface area is 112 Å². The standard InChI is InChI=1S/C15H16N4/c1-11-6-7-19(18-11)15-5-2-12(8-13(15)9-16)10-17-14-3-4-14/h2,5-8,14,17H,3-4,10H2,1H3. The van der Waals surface area contributed by atoms with E-state index in [0.29, 0.717) is 11.6 Å². The summed E-state index contributed by atoms with van der Waals surface area (Å²) in [5, 5.41) is 17.1. The van der Waals surface area contributed by atoms with E-state index in [4.69, 9.17) is 0 Å². The van der Waals surface area contributed by atoms with Gasteiger partial charge in [0.05, 0.1) is 16.9 Å². The van der Waals surface area contributed by atoms with Crippen LogP contribution >= 0.6 is 0 Å². The molecule has 0 saturated heterocycles. The van der Waals surface area contributed by atoms with Gasteiger partial charge in [0, 0.05) is 18.8 Å². The number of benzene rings is 1. The number of aromatic nitrogens is 2. The summed E-state index contributed by atoms with van der Waals surface area (Å²) in [5.74, 6) is 0. The summed E-state index contributed by atoms with van der Waals surface area (Å²) < 4.78 is 1.76. The molecule has 0 aliphatic heterocycles. The molecular formula is C15H16N4. The topological polar surface area (TPSA) is 53.6 Å². The zero-order valence-electron chi connectivity index (χ0n) is 10.9. The van der Waals surface area contributed by atoms with Crippen LogP contribution in [0.2, 0.25) is 0 Å². The third-order valence-corrected chi connectivity index (χ3v) is 3.32. The highest BCUT2D eigenvalue weighted by atomic mass is 15.3. The number of hydrogen-bond donors (Lipinski definition) is 1. The minimum Gasteiger partial charge on any atom is -0.310 e. The molecule has 1 N–H and O–H groups in total. The summed E-state index contributed by atoms with van der Waals surface area (Å²) in [4.78, 5) is 0. The summed E-state index contributed by atoms with van der Waals surface area (Å²) >= 11 is 0. The summed E-state index contributed by atoms with van der Waals surface area (Å²) in [6.07, 6.45) is 4.43. The molecule has 4 nitrogen and oxygen atoms in total. The second-order valence-electron chi connectivity index (χ2n) is 5.02. The second-order valence-corrected chi connectivity index (χ2v) is 5.02. The molecule has 96 valence electrons. The molecule has 1 saturated carbocycles. The molecule has 1 aromatic carbocycles. The van der Waals surface area contributed by atoms with Crippen LogP contribution < -0.4 is 5.32 Å². The molecule has 2 aromatic rings. The van der Waals surface area contributed by atoms with E-state index in [0.717, 1.165) is 23.5 Å². The monoisotopic (exact) mass is 252 g/mol. The molecule has 1 aromatic heterocycles. The number of aryl methyl sites for hydroxylation is 1. The fraction of sp³-hybridized carbons (Fsp3) is 0.333. The number of nitrogens with one attached hydrogen (secondary N) is 1. The molecule has 19 heavy (non-hydrogen) atoms. The van der Waals surface area contributed by atoms with Gasteiger partial charge in [-0.2, -0.15) is 10.4 Å². The van der Waals surface area contributed by atoms with Gasteiger partial charge in [-0.1, -0.05) is 6.07 Å². The van der Waals surface area contributed by atoms with E-state index in [1.165, 1.54) is 12.8 Å². The van der Waals surface area contributed by atoms with E-state index < -0.39 is 0 Å². The largest absolute Gasteiger partial charge is 0.310 e. The highest BCUT2D eigenvalue weighted by Gasteiger charge is 2.20. The van der Waals surface area contributed by atoms with E-state index in [1.54, 1.807) is 4.68 Å². The SMILES string of the molecule is Cc1ccn(-c2ccc(CNC3CC3)cc2C#N)n1. The molecule has 0 atom stereocenters. The molecule has 1 heterocycles. The Morgan fingerprint density at radius 1 is 1.42 bits per heavy atom. The van der Waals surface area contributed by atoms with Crippen molar-refractivity contribution in [3.8, 4) is 11.8 Å². The van der Waals surface area contributed by atoms with E-state index >= 15 is 0 Å². The summed E-state index contributed by atoms with van der Waals surface area (Å²) in [5.41, 5.74) is 3.60. The van der Waals surface area contributed by atoms with E-state index in [-0.39, 0.29) is 0 Å². The summed E-state index contributed by atoms with van der Waals surface area (Å²) in [7, 11) is 0. The quantitative estimate of drug-likeness (QED) is 0.908. The Bertz CT molecular complexity index is 632. The molecule has 4 heteroatoms. The molecule has 1 fully saturated rings. The zero-order chi connectivity index (χ0) is 13.2. The first-order valence-electron chi connectivity index (χ1n) is 6.55. The van der Waals surface area contributed by atoms with Crippen LogP contribution in [0.5, 0.6) is 0 Å². The average molecular weight is 252 g/mol. The van der Waals surface area contributed by atoms with Crippen molar-refractivity contribution < 1.29 is 0 Å². The minimum atomic E-state index is 0.665. The van der Waals surface area contributed by atoms with Crippen molar-refractivity contribution in [2.45, 2.75) is 32.4 Å². The van der Waals surface area contributed by atoms with Gasteiger partial charge in [0.1, 0.15) is 6.07 Å². The number of nitrogens with zero attached hydrogens (tertiary/aromatic N) is 3. The van der Waals surface area contributed by atoms with Crippen LogP contribution in [0.15, 0.2) is 30.5 Å². The molecule has 1 aliphatic carbocycles. The summed E-state index contributed by atoms with van der Waals surface area (Å²) in [6, 6.07) is 10.8. The Hall–Kier alpha value is -2.12. The lowest BCUT2D eigenvalue weighted by Gasteiger charge is -2.08. The first kappa shape index (κ1) is 11.9. The first-order chi connectivity index (χ1) is 9.26. The molecule has 1 aliphatic rings. The zero-order valence-corrected chi connectivity index (χ0v) is 10.9. The minimum absolute atomic E-state index is 0.665. The Balaban J connectivity index is 1.86. The van der Waals surface area contributed by atoms with Gasteiger partial charge in [-0.25, -0.2) is 4.68 Å². The van der Waals surface area contributed by atoms with Gasteiger partial charge < -0.3 is 5.32 Å². The van der Waals surface area contributed by atoms with Gasteiger partial charge in [0.25, 0.3) is 0 Å². The first-order valence-corrected chi connectivity index (χ1v) is 6.55. The summed E-state index contributed by atoms with van der Waals surface area (Å²) in [6.45, 7) is 2.77. The van der Waals surface area contributed by atoms with Crippen LogP contribution in [0.4, 0.5) is 0 Å². The van der Waals surface area contributed by atoms with Crippen molar-refractivity contribution in [3.63, 3.8) is 0 Å². The van der Waals surface area contributed by atoms with Gasteiger partial charge in [-0.3, -0.25) is 0 Å². The fourth-order valence-corrected chi connectivity index (χ4v) is 2.08. The average Bonchev–Trinajstić information content (AvgIpc) is 3.17. The highest BCUT2D eigenvalue weighted by Crippen LogP contribution is 2.20. The molecule has 0 unspecified atom stereocenters. The normalized spacial score (nSPS) is 14.3. The smallest absolute Gasteiger partial charge is 0.101 e. The lowest BCUT2D eigenvalue weighted by atomic mass is 10.1. The predicted molar refractivity (Wildman–Crippen MR) is 72.9 cm³/mol. The molecule has 0 bridgehead atoms. The maximum atomic E-state index is 9.29. The van der Waals surface area contributed by atoms with Crippen LogP contribution in [0.1, 0.15) is 29.7 Å². The highest BCUT2D eigenvalue weighted by molar-refractivity contribution is 5.50. The van der Waals surface area contributed by atoms with E-state index in [9.17, 15) is 5.26 Å². The molecule has 0 amide bonds. The van der Waals surface area contributed by atoms with Crippen LogP contribution in [-0.2, 0) is 6.54 Å². The maximum absolute atomic E-state index is 9.29. The number of nitriles is 1. The van der Waals surface area contributed by atoms with Gasteiger partial charge in [-0.05, 0) is 43.5 Å². The van der Waals surface area contributed by atoms with Crippen molar-refractivity contribution in [1.82, 2.24) is 15.1 Å². The molecule has 0 radical (unpaired) electrons.